The second-order valence-electron chi connectivity index (χ2n) is 6.31. The molecular formula is C16H20ClN5O4S. The van der Waals surface area contributed by atoms with Crippen molar-refractivity contribution in [3.63, 3.8) is 0 Å². The Kier molecular flexibility index (Phi) is 5.68. The molecule has 2 unspecified atom stereocenters. The molecule has 1 saturated heterocycles. The molecule has 27 heavy (non-hydrogen) atoms. The minimum Gasteiger partial charge on any atom is -0.477 e. The van der Waals surface area contributed by atoms with E-state index in [0.717, 1.165) is 11.3 Å². The number of aromatic nitrogens is 3. The first-order valence-electron chi connectivity index (χ1n) is 8.31. The lowest BCUT2D eigenvalue weighted by atomic mass is 10.0. The number of ether oxygens (including phenoxy) is 1. The van der Waals surface area contributed by atoms with E-state index in [1.165, 1.54) is 0 Å². The van der Waals surface area contributed by atoms with Crippen LogP contribution >= 0.6 is 22.9 Å². The smallest absolute Gasteiger partial charge is 0.347 e. The first-order valence-corrected chi connectivity index (χ1v) is 9.51. The average molecular weight is 414 g/mol. The number of H-pyrrole nitrogens is 1. The van der Waals surface area contributed by atoms with Crippen LogP contribution in [0.2, 0.25) is 5.15 Å². The Hall–Kier alpha value is -2.17. The highest BCUT2D eigenvalue weighted by Gasteiger charge is 2.33. The number of amides is 1. The fourth-order valence-corrected chi connectivity index (χ4v) is 4.07. The molecule has 0 spiro atoms. The number of rotatable bonds is 5. The van der Waals surface area contributed by atoms with Crippen LogP contribution in [-0.4, -0.2) is 64.3 Å². The Morgan fingerprint density at radius 3 is 2.70 bits per heavy atom. The molecule has 3 N–H and O–H groups in total. The van der Waals surface area contributed by atoms with E-state index in [2.05, 4.69) is 20.3 Å². The maximum absolute atomic E-state index is 12.4. The SMILES string of the molecule is COC1CN(c2nc(C)c(C(=O)O)s2)CCC1NC(=O)c1nc(Cl)c(C)[nH]1. The maximum atomic E-state index is 12.4. The summed E-state index contributed by atoms with van der Waals surface area (Å²) in [4.78, 5) is 37.1. The second-order valence-corrected chi connectivity index (χ2v) is 7.64. The molecule has 2 atom stereocenters. The van der Waals surface area contributed by atoms with Gasteiger partial charge >= 0.3 is 5.97 Å². The van der Waals surface area contributed by atoms with E-state index in [1.807, 2.05) is 4.90 Å². The van der Waals surface area contributed by atoms with Gasteiger partial charge in [-0.05, 0) is 20.3 Å². The van der Waals surface area contributed by atoms with Crippen molar-refractivity contribution in [2.45, 2.75) is 32.4 Å². The summed E-state index contributed by atoms with van der Waals surface area (Å²) in [5, 5.41) is 13.1. The third-order valence-electron chi connectivity index (χ3n) is 4.47. The number of aromatic carboxylic acids is 1. The van der Waals surface area contributed by atoms with Crippen LogP contribution in [0.1, 0.15) is 38.1 Å². The number of nitrogens with one attached hydrogen (secondary N) is 2. The number of piperidine rings is 1. The van der Waals surface area contributed by atoms with Gasteiger partial charge in [0.15, 0.2) is 16.1 Å². The summed E-state index contributed by atoms with van der Waals surface area (Å²) < 4.78 is 5.55. The molecule has 1 aliphatic heterocycles. The number of aromatic amines is 1. The van der Waals surface area contributed by atoms with E-state index in [1.54, 1.807) is 21.0 Å². The van der Waals surface area contributed by atoms with Gasteiger partial charge in [0, 0.05) is 20.2 Å². The molecule has 9 nitrogen and oxygen atoms in total. The molecule has 1 amide bonds. The molecule has 1 aliphatic rings. The summed E-state index contributed by atoms with van der Waals surface area (Å²) in [5.74, 6) is -1.16. The largest absolute Gasteiger partial charge is 0.477 e. The Morgan fingerprint density at radius 2 is 2.15 bits per heavy atom. The van der Waals surface area contributed by atoms with Gasteiger partial charge in [-0.15, -0.1) is 0 Å². The maximum Gasteiger partial charge on any atom is 0.347 e. The number of carboxylic acids is 1. The Bertz CT molecular complexity index is 848. The highest BCUT2D eigenvalue weighted by atomic mass is 35.5. The molecule has 1 fully saturated rings. The minimum absolute atomic E-state index is 0.163. The highest BCUT2D eigenvalue weighted by Crippen LogP contribution is 2.29. The van der Waals surface area contributed by atoms with Crippen molar-refractivity contribution >= 4 is 39.9 Å². The number of halogens is 1. The number of hydrogen-bond donors (Lipinski definition) is 3. The van der Waals surface area contributed by atoms with Crippen LogP contribution in [0.25, 0.3) is 0 Å². The molecule has 0 aromatic carbocycles. The Labute approximate surface area is 164 Å². The fourth-order valence-electron chi connectivity index (χ4n) is 2.99. The van der Waals surface area contributed by atoms with Crippen molar-refractivity contribution in [2.75, 3.05) is 25.1 Å². The van der Waals surface area contributed by atoms with Crippen molar-refractivity contribution in [1.29, 1.82) is 0 Å². The first-order chi connectivity index (χ1) is 12.8. The monoisotopic (exact) mass is 413 g/mol. The van der Waals surface area contributed by atoms with Gasteiger partial charge in [-0.2, -0.15) is 0 Å². The highest BCUT2D eigenvalue weighted by molar-refractivity contribution is 7.17. The number of aryl methyl sites for hydroxylation is 2. The predicted molar refractivity (Wildman–Crippen MR) is 101 cm³/mol. The lowest BCUT2D eigenvalue weighted by Gasteiger charge is -2.37. The number of thiazole rings is 1. The summed E-state index contributed by atoms with van der Waals surface area (Å²) in [7, 11) is 1.58. The molecule has 11 heteroatoms. The number of imidazole rings is 1. The Morgan fingerprint density at radius 1 is 1.41 bits per heavy atom. The molecule has 146 valence electrons. The molecular weight excluding hydrogens is 394 g/mol. The second kappa shape index (κ2) is 7.83. The molecule has 3 heterocycles. The van der Waals surface area contributed by atoms with E-state index in [0.29, 0.717) is 36.0 Å². The number of nitrogens with zero attached hydrogens (tertiary/aromatic N) is 3. The number of carbonyl (C=O) groups is 2. The van der Waals surface area contributed by atoms with Crippen molar-refractivity contribution < 1.29 is 19.4 Å². The lowest BCUT2D eigenvalue weighted by molar-refractivity contribution is 0.0538. The van der Waals surface area contributed by atoms with Crippen LogP contribution in [0, 0.1) is 13.8 Å². The number of carbonyl (C=O) groups excluding carboxylic acids is 1. The van der Waals surface area contributed by atoms with Gasteiger partial charge in [0.1, 0.15) is 4.88 Å². The standard InChI is InChI=1S/C16H20ClN5O4S/c1-7-11(15(24)25)27-16(19-7)22-5-4-9(10(6-22)26-3)20-14(23)13-18-8(2)12(17)21-13/h9-10H,4-6H2,1-3H3,(H,18,21)(H,20,23)(H,24,25). The topological polar surface area (TPSA) is 120 Å². The van der Waals surface area contributed by atoms with Gasteiger partial charge in [0.2, 0.25) is 0 Å². The molecule has 0 saturated carbocycles. The van der Waals surface area contributed by atoms with Gasteiger partial charge in [-0.1, -0.05) is 22.9 Å². The molecule has 2 aromatic rings. The van der Waals surface area contributed by atoms with Crippen LogP contribution in [0.5, 0.6) is 0 Å². The van der Waals surface area contributed by atoms with E-state index in [4.69, 9.17) is 16.3 Å². The van der Waals surface area contributed by atoms with Gasteiger partial charge < -0.3 is 25.0 Å². The van der Waals surface area contributed by atoms with Gasteiger partial charge in [0.05, 0.1) is 23.5 Å². The van der Waals surface area contributed by atoms with E-state index in [-0.39, 0.29) is 33.9 Å². The normalized spacial score (nSPS) is 19.9. The third-order valence-corrected chi connectivity index (χ3v) is 6.04. The van der Waals surface area contributed by atoms with Gasteiger partial charge in [-0.25, -0.2) is 14.8 Å². The van der Waals surface area contributed by atoms with Gasteiger partial charge in [-0.3, -0.25) is 4.79 Å². The summed E-state index contributed by atoms with van der Waals surface area (Å²) >= 11 is 7.04. The first kappa shape index (κ1) is 19.6. The molecule has 3 rings (SSSR count). The number of hydrogen-bond acceptors (Lipinski definition) is 7. The van der Waals surface area contributed by atoms with E-state index in [9.17, 15) is 14.7 Å². The fraction of sp³-hybridized carbons (Fsp3) is 0.500. The summed E-state index contributed by atoms with van der Waals surface area (Å²) in [6, 6.07) is -0.206. The van der Waals surface area contributed by atoms with Crippen LogP contribution in [0.4, 0.5) is 5.13 Å². The van der Waals surface area contributed by atoms with Crippen LogP contribution in [-0.2, 0) is 4.74 Å². The van der Waals surface area contributed by atoms with Crippen LogP contribution in [0.15, 0.2) is 0 Å². The number of methoxy groups -OCH3 is 1. The summed E-state index contributed by atoms with van der Waals surface area (Å²) in [6.45, 7) is 4.53. The quantitative estimate of drug-likeness (QED) is 0.684. The van der Waals surface area contributed by atoms with Crippen molar-refractivity contribution in [3.05, 3.63) is 27.2 Å². The predicted octanol–water partition coefficient (Wildman–Crippen LogP) is 1.86. The molecule has 0 radical (unpaired) electrons. The van der Waals surface area contributed by atoms with Crippen LogP contribution < -0.4 is 10.2 Å². The number of carboxylic acid groups (broad SMARTS) is 1. The number of anilines is 1. The lowest BCUT2D eigenvalue weighted by Crippen LogP contribution is -2.55. The summed E-state index contributed by atoms with van der Waals surface area (Å²) in [6.07, 6.45) is 0.352. The van der Waals surface area contributed by atoms with Crippen molar-refractivity contribution in [1.82, 2.24) is 20.3 Å². The van der Waals surface area contributed by atoms with Crippen molar-refractivity contribution in [3.8, 4) is 0 Å². The van der Waals surface area contributed by atoms with E-state index >= 15 is 0 Å². The van der Waals surface area contributed by atoms with Gasteiger partial charge in [0.25, 0.3) is 5.91 Å². The van der Waals surface area contributed by atoms with E-state index < -0.39 is 5.97 Å². The van der Waals surface area contributed by atoms with Crippen molar-refractivity contribution in [2.24, 2.45) is 0 Å². The zero-order valence-corrected chi connectivity index (χ0v) is 16.6. The zero-order valence-electron chi connectivity index (χ0n) is 15.1. The zero-order chi connectivity index (χ0) is 19.7. The molecule has 0 bridgehead atoms. The minimum atomic E-state index is -0.978. The van der Waals surface area contributed by atoms with Crippen LogP contribution in [0.3, 0.4) is 0 Å². The average Bonchev–Trinajstić information content (AvgIpc) is 3.18. The molecule has 2 aromatic heterocycles. The Balaban J connectivity index is 1.68. The third kappa shape index (κ3) is 4.07. The summed E-state index contributed by atoms with van der Waals surface area (Å²) in [5.41, 5.74) is 1.13. The molecule has 0 aliphatic carbocycles.